The molecule has 2 rings (SSSR count). The Morgan fingerprint density at radius 2 is 1.58 bits per heavy atom. The molecule has 2 aromatic carbocycles. The largest absolute Gasteiger partial charge is 0.573 e. The molecule has 0 aromatic heterocycles. The lowest BCUT2D eigenvalue weighted by Gasteiger charge is -2.22. The van der Waals surface area contributed by atoms with Gasteiger partial charge in [0.15, 0.2) is 5.11 Å². The van der Waals surface area contributed by atoms with Gasteiger partial charge >= 0.3 is 6.36 Å². The standard InChI is InChI=1S/C18H20F3N3OS/c1-23(2)15-8-4-13(5-9-15)12-24(3)17(26)22-14-6-10-16(11-7-14)25-18(19,20)21/h4-11H,12H2,1-3H3,(H,22,26). The molecule has 0 atom stereocenters. The smallest absolute Gasteiger partial charge is 0.406 e. The van der Waals surface area contributed by atoms with E-state index in [-0.39, 0.29) is 5.75 Å². The van der Waals surface area contributed by atoms with Gasteiger partial charge in [0.25, 0.3) is 0 Å². The van der Waals surface area contributed by atoms with Gasteiger partial charge in [-0.1, -0.05) is 12.1 Å². The molecule has 0 saturated heterocycles. The van der Waals surface area contributed by atoms with Crippen LogP contribution in [-0.2, 0) is 6.54 Å². The molecular weight excluding hydrogens is 363 g/mol. The van der Waals surface area contributed by atoms with Gasteiger partial charge in [-0.15, -0.1) is 13.2 Å². The molecule has 0 aliphatic carbocycles. The molecule has 0 fully saturated rings. The highest BCUT2D eigenvalue weighted by Gasteiger charge is 2.30. The monoisotopic (exact) mass is 383 g/mol. The summed E-state index contributed by atoms with van der Waals surface area (Å²) in [5.41, 5.74) is 2.79. The Hall–Kier alpha value is -2.48. The topological polar surface area (TPSA) is 27.7 Å². The maximum Gasteiger partial charge on any atom is 0.573 e. The van der Waals surface area contributed by atoms with Crippen LogP contribution in [0.3, 0.4) is 0 Å². The summed E-state index contributed by atoms with van der Waals surface area (Å²) in [6, 6.07) is 13.5. The second kappa shape index (κ2) is 8.27. The zero-order valence-corrected chi connectivity index (χ0v) is 15.5. The van der Waals surface area contributed by atoms with Crippen molar-refractivity contribution in [3.8, 4) is 5.75 Å². The minimum atomic E-state index is -4.70. The van der Waals surface area contributed by atoms with Crippen molar-refractivity contribution >= 4 is 28.7 Å². The van der Waals surface area contributed by atoms with Gasteiger partial charge in [-0.05, 0) is 54.2 Å². The van der Waals surface area contributed by atoms with Crippen LogP contribution in [-0.4, -0.2) is 37.5 Å². The number of halogens is 3. The first-order valence-electron chi connectivity index (χ1n) is 7.78. The quantitative estimate of drug-likeness (QED) is 0.769. The fraction of sp³-hybridized carbons (Fsp3) is 0.278. The fourth-order valence-electron chi connectivity index (χ4n) is 2.20. The molecule has 0 saturated carbocycles. The van der Waals surface area contributed by atoms with Gasteiger partial charge in [-0.3, -0.25) is 0 Å². The van der Waals surface area contributed by atoms with Gasteiger partial charge in [0.05, 0.1) is 0 Å². The Morgan fingerprint density at radius 1 is 1.00 bits per heavy atom. The van der Waals surface area contributed by atoms with E-state index in [2.05, 4.69) is 10.1 Å². The van der Waals surface area contributed by atoms with Crippen LogP contribution in [0.25, 0.3) is 0 Å². The number of anilines is 2. The Labute approximate surface area is 156 Å². The van der Waals surface area contributed by atoms with Crippen molar-refractivity contribution in [2.75, 3.05) is 31.4 Å². The molecule has 0 spiro atoms. The van der Waals surface area contributed by atoms with E-state index in [1.807, 2.05) is 55.2 Å². The molecule has 0 heterocycles. The molecular formula is C18H20F3N3OS. The Bertz CT molecular complexity index is 731. The Morgan fingerprint density at radius 3 is 2.08 bits per heavy atom. The summed E-state index contributed by atoms with van der Waals surface area (Å²) in [5, 5.41) is 3.46. The van der Waals surface area contributed by atoms with Gasteiger partial charge in [-0.2, -0.15) is 0 Å². The summed E-state index contributed by atoms with van der Waals surface area (Å²) >= 11 is 5.34. The summed E-state index contributed by atoms with van der Waals surface area (Å²) in [5.74, 6) is -0.275. The molecule has 1 N–H and O–H groups in total. The van der Waals surface area contributed by atoms with Gasteiger partial charge < -0.3 is 19.9 Å². The molecule has 0 aliphatic heterocycles. The van der Waals surface area contributed by atoms with Crippen molar-refractivity contribution in [1.82, 2.24) is 4.90 Å². The number of hydrogen-bond acceptors (Lipinski definition) is 3. The summed E-state index contributed by atoms with van der Waals surface area (Å²) in [4.78, 5) is 3.87. The minimum Gasteiger partial charge on any atom is -0.406 e. The number of rotatable bonds is 5. The van der Waals surface area contributed by atoms with Crippen LogP contribution in [0.5, 0.6) is 5.75 Å². The molecule has 0 radical (unpaired) electrons. The third kappa shape index (κ3) is 6.11. The number of ether oxygens (including phenoxy) is 1. The van der Waals surface area contributed by atoms with Crippen LogP contribution >= 0.6 is 12.2 Å². The highest BCUT2D eigenvalue weighted by atomic mass is 32.1. The number of thiocarbonyl (C=S) groups is 1. The van der Waals surface area contributed by atoms with Crippen molar-refractivity contribution in [2.24, 2.45) is 0 Å². The van der Waals surface area contributed by atoms with E-state index in [1.165, 1.54) is 24.3 Å². The van der Waals surface area contributed by atoms with Crippen molar-refractivity contribution in [1.29, 1.82) is 0 Å². The first-order chi connectivity index (χ1) is 12.1. The molecule has 0 amide bonds. The van der Waals surface area contributed by atoms with E-state index in [0.29, 0.717) is 17.3 Å². The lowest BCUT2D eigenvalue weighted by atomic mass is 10.2. The summed E-state index contributed by atoms with van der Waals surface area (Å²) in [6.07, 6.45) is -4.70. The molecule has 26 heavy (non-hydrogen) atoms. The molecule has 140 valence electrons. The Kier molecular flexibility index (Phi) is 6.31. The molecule has 0 unspecified atom stereocenters. The number of hydrogen-bond donors (Lipinski definition) is 1. The maximum atomic E-state index is 12.2. The zero-order valence-electron chi connectivity index (χ0n) is 14.7. The van der Waals surface area contributed by atoms with Gasteiger partial charge in [0, 0.05) is 39.1 Å². The fourth-order valence-corrected chi connectivity index (χ4v) is 2.39. The molecule has 0 bridgehead atoms. The van der Waals surface area contributed by atoms with E-state index in [4.69, 9.17) is 12.2 Å². The molecule has 4 nitrogen and oxygen atoms in total. The van der Waals surface area contributed by atoms with E-state index in [0.717, 1.165) is 11.3 Å². The molecule has 2 aromatic rings. The van der Waals surface area contributed by atoms with Crippen LogP contribution < -0.4 is 15.0 Å². The second-order valence-electron chi connectivity index (χ2n) is 5.92. The Balaban J connectivity index is 1.92. The minimum absolute atomic E-state index is 0.275. The highest BCUT2D eigenvalue weighted by molar-refractivity contribution is 7.80. The van der Waals surface area contributed by atoms with E-state index in [1.54, 1.807) is 0 Å². The van der Waals surface area contributed by atoms with Crippen molar-refractivity contribution in [3.63, 3.8) is 0 Å². The average Bonchev–Trinajstić information content (AvgIpc) is 2.55. The van der Waals surface area contributed by atoms with Crippen molar-refractivity contribution in [2.45, 2.75) is 12.9 Å². The van der Waals surface area contributed by atoms with Crippen LogP contribution in [0, 0.1) is 0 Å². The maximum absolute atomic E-state index is 12.2. The SMILES string of the molecule is CN(Cc1ccc(N(C)C)cc1)C(=S)Nc1ccc(OC(F)(F)F)cc1. The molecule has 0 aliphatic rings. The lowest BCUT2D eigenvalue weighted by Crippen LogP contribution is -2.30. The van der Waals surface area contributed by atoms with E-state index in [9.17, 15) is 13.2 Å². The highest BCUT2D eigenvalue weighted by Crippen LogP contribution is 2.24. The van der Waals surface area contributed by atoms with Gasteiger partial charge in [0.1, 0.15) is 5.75 Å². The summed E-state index contributed by atoms with van der Waals surface area (Å²) in [7, 11) is 5.80. The molecule has 8 heteroatoms. The number of nitrogens with zero attached hydrogens (tertiary/aromatic N) is 2. The van der Waals surface area contributed by atoms with Crippen molar-refractivity contribution < 1.29 is 17.9 Å². The summed E-state index contributed by atoms with van der Waals surface area (Å²) in [6.45, 7) is 0.606. The number of alkyl halides is 3. The van der Waals surface area contributed by atoms with E-state index >= 15 is 0 Å². The normalized spacial score (nSPS) is 11.0. The number of benzene rings is 2. The summed E-state index contributed by atoms with van der Waals surface area (Å²) < 4.78 is 40.3. The zero-order chi connectivity index (χ0) is 19.3. The second-order valence-corrected chi connectivity index (χ2v) is 6.31. The predicted molar refractivity (Wildman–Crippen MR) is 102 cm³/mol. The van der Waals surface area contributed by atoms with E-state index < -0.39 is 6.36 Å². The lowest BCUT2D eigenvalue weighted by molar-refractivity contribution is -0.274. The third-order valence-corrected chi connectivity index (χ3v) is 3.97. The van der Waals surface area contributed by atoms with Crippen LogP contribution in [0.4, 0.5) is 24.5 Å². The van der Waals surface area contributed by atoms with Gasteiger partial charge in [0.2, 0.25) is 0 Å². The van der Waals surface area contributed by atoms with Crippen LogP contribution in [0.15, 0.2) is 48.5 Å². The first-order valence-corrected chi connectivity index (χ1v) is 8.19. The predicted octanol–water partition coefficient (Wildman–Crippen LogP) is 4.48. The van der Waals surface area contributed by atoms with Crippen LogP contribution in [0.1, 0.15) is 5.56 Å². The number of nitrogens with one attached hydrogen (secondary N) is 1. The average molecular weight is 383 g/mol. The van der Waals surface area contributed by atoms with Crippen LogP contribution in [0.2, 0.25) is 0 Å². The first kappa shape index (κ1) is 19.8. The van der Waals surface area contributed by atoms with Gasteiger partial charge in [-0.25, -0.2) is 0 Å². The third-order valence-electron chi connectivity index (χ3n) is 3.56. The van der Waals surface area contributed by atoms with Crippen molar-refractivity contribution in [3.05, 3.63) is 54.1 Å².